The number of piperazine rings is 1. The van der Waals surface area contributed by atoms with E-state index in [1.165, 1.54) is 4.90 Å². The first kappa shape index (κ1) is 27.5. The van der Waals surface area contributed by atoms with Gasteiger partial charge in [0.1, 0.15) is 5.60 Å². The van der Waals surface area contributed by atoms with Gasteiger partial charge in [-0.3, -0.25) is 4.79 Å². The molecule has 2 amide bonds. The number of ketones is 1. The lowest BCUT2D eigenvalue weighted by Gasteiger charge is -2.35. The number of benzene rings is 1. The third kappa shape index (κ3) is 8.53. The molecule has 0 bridgehead atoms. The highest BCUT2D eigenvalue weighted by molar-refractivity contribution is 5.86. The summed E-state index contributed by atoms with van der Waals surface area (Å²) in [6.07, 6.45) is -9.70. The molecular weight excluding hydrogens is 453 g/mol. The van der Waals surface area contributed by atoms with Crippen LogP contribution in [-0.2, 0) is 20.7 Å². The molecule has 0 spiro atoms. The minimum atomic E-state index is -5.03. The van der Waals surface area contributed by atoms with Gasteiger partial charge in [-0.05, 0) is 38.2 Å². The van der Waals surface area contributed by atoms with Gasteiger partial charge in [0.05, 0.1) is 0 Å². The van der Waals surface area contributed by atoms with Crippen LogP contribution in [0.15, 0.2) is 30.3 Å². The third-order valence-electron chi connectivity index (χ3n) is 5.18. The van der Waals surface area contributed by atoms with Crippen LogP contribution in [-0.4, -0.2) is 71.8 Å². The maximum atomic E-state index is 13.6. The lowest BCUT2D eigenvalue weighted by molar-refractivity contribution is -0.206. The molecule has 7 nitrogen and oxygen atoms in total. The lowest BCUT2D eigenvalue weighted by Crippen LogP contribution is -2.53. The molecule has 1 fully saturated rings. The summed E-state index contributed by atoms with van der Waals surface area (Å²) < 4.78 is 50.8. The van der Waals surface area contributed by atoms with Crippen molar-refractivity contribution in [2.75, 3.05) is 26.2 Å². The van der Waals surface area contributed by atoms with Crippen LogP contribution in [0.4, 0.5) is 22.8 Å². The van der Waals surface area contributed by atoms with Gasteiger partial charge >= 0.3 is 18.4 Å². The van der Waals surface area contributed by atoms with Crippen LogP contribution in [0.3, 0.4) is 0 Å². The average molecular weight is 487 g/mol. The number of Topliss-reactive ketones (excluding diaryl/α,β-unsaturated/α-hetero) is 1. The van der Waals surface area contributed by atoms with Gasteiger partial charge in [-0.25, -0.2) is 9.59 Å². The topological polar surface area (TPSA) is 76.2 Å². The van der Waals surface area contributed by atoms with Crippen LogP contribution >= 0.6 is 0 Å². The molecular formula is C24H33F3N2O5. The maximum Gasteiger partial charge on any atom is 0.432 e. The average Bonchev–Trinajstić information content (AvgIpc) is 2.69. The van der Waals surface area contributed by atoms with E-state index in [-0.39, 0.29) is 26.2 Å². The molecule has 0 saturated carbocycles. The zero-order valence-electron chi connectivity index (χ0n) is 20.3. The molecule has 0 N–H and O–H groups in total. The molecule has 0 radical (unpaired) electrons. The minimum absolute atomic E-state index is 0.0314. The number of hydrogen-bond acceptors (Lipinski definition) is 5. The summed E-state index contributed by atoms with van der Waals surface area (Å²) in [6, 6.07) is 9.13. The molecule has 1 aromatic carbocycles. The second-order valence-corrected chi connectivity index (χ2v) is 10.2. The van der Waals surface area contributed by atoms with E-state index in [0.29, 0.717) is 6.42 Å². The highest BCUT2D eigenvalue weighted by Crippen LogP contribution is 2.32. The van der Waals surface area contributed by atoms with Crippen molar-refractivity contribution in [1.82, 2.24) is 9.80 Å². The molecule has 1 saturated heterocycles. The fourth-order valence-corrected chi connectivity index (χ4v) is 3.66. The second kappa shape index (κ2) is 10.7. The van der Waals surface area contributed by atoms with Gasteiger partial charge in [-0.2, -0.15) is 13.2 Å². The van der Waals surface area contributed by atoms with E-state index in [4.69, 9.17) is 4.74 Å². The SMILES string of the molecule is CC(C)(CC(=O)C(OC(=O)N1CCN(C(=O)OC(C)(C)C)CC1)C(F)(F)F)Cc1ccccc1. The largest absolute Gasteiger partial charge is 0.444 e. The van der Waals surface area contributed by atoms with E-state index in [1.54, 1.807) is 34.6 Å². The van der Waals surface area contributed by atoms with Crippen molar-refractivity contribution in [3.8, 4) is 0 Å². The van der Waals surface area contributed by atoms with Crippen LogP contribution in [0.5, 0.6) is 0 Å². The number of rotatable bonds is 6. The van der Waals surface area contributed by atoms with Crippen LogP contribution in [0.2, 0.25) is 0 Å². The van der Waals surface area contributed by atoms with Gasteiger partial charge in [-0.15, -0.1) is 0 Å². The molecule has 2 rings (SSSR count). The Balaban J connectivity index is 1.97. The van der Waals surface area contributed by atoms with Crippen molar-refractivity contribution in [3.05, 3.63) is 35.9 Å². The molecule has 1 heterocycles. The highest BCUT2D eigenvalue weighted by Gasteiger charge is 2.49. The standard InChI is InChI=1S/C24H33F3N2O5/c1-22(2,3)34-21(32)29-13-11-28(12-14-29)20(31)33-19(24(25,26)27)18(30)16-23(4,5)15-17-9-7-6-8-10-17/h6-10,19H,11-16H2,1-5H3. The Kier molecular flexibility index (Phi) is 8.60. The Labute approximate surface area is 198 Å². The first-order valence-corrected chi connectivity index (χ1v) is 11.1. The van der Waals surface area contributed by atoms with Gasteiger partial charge in [0, 0.05) is 32.6 Å². The third-order valence-corrected chi connectivity index (χ3v) is 5.18. The normalized spacial score (nSPS) is 16.1. The van der Waals surface area contributed by atoms with Crippen molar-refractivity contribution in [3.63, 3.8) is 0 Å². The van der Waals surface area contributed by atoms with Crippen LogP contribution in [0.25, 0.3) is 0 Å². The number of ether oxygens (including phenoxy) is 2. The van der Waals surface area contributed by atoms with Crippen molar-refractivity contribution >= 4 is 18.0 Å². The number of carbonyl (C=O) groups excluding carboxylic acids is 3. The zero-order valence-corrected chi connectivity index (χ0v) is 20.3. The van der Waals surface area contributed by atoms with E-state index < -0.39 is 47.7 Å². The number of amides is 2. The number of carbonyl (C=O) groups is 3. The minimum Gasteiger partial charge on any atom is -0.444 e. The molecule has 34 heavy (non-hydrogen) atoms. The quantitative estimate of drug-likeness (QED) is 0.576. The molecule has 190 valence electrons. The molecule has 1 aliphatic rings. The molecule has 10 heteroatoms. The van der Waals surface area contributed by atoms with Crippen LogP contribution in [0, 0.1) is 5.41 Å². The van der Waals surface area contributed by atoms with Crippen molar-refractivity contribution in [2.45, 2.75) is 65.3 Å². The van der Waals surface area contributed by atoms with Gasteiger partial charge in [-0.1, -0.05) is 44.2 Å². The molecule has 0 aromatic heterocycles. The predicted molar refractivity (Wildman–Crippen MR) is 119 cm³/mol. The van der Waals surface area contributed by atoms with Gasteiger partial charge < -0.3 is 19.3 Å². The number of hydrogen-bond donors (Lipinski definition) is 0. The van der Waals surface area contributed by atoms with E-state index in [1.807, 2.05) is 30.3 Å². The fraction of sp³-hybridized carbons (Fsp3) is 0.625. The summed E-state index contributed by atoms with van der Waals surface area (Å²) in [5.41, 5.74) is -0.571. The first-order valence-electron chi connectivity index (χ1n) is 11.1. The van der Waals surface area contributed by atoms with Gasteiger partial charge in [0.25, 0.3) is 6.10 Å². The monoisotopic (exact) mass is 486 g/mol. The Morgan fingerprint density at radius 3 is 1.85 bits per heavy atom. The van der Waals surface area contributed by atoms with E-state index in [0.717, 1.165) is 10.5 Å². The van der Waals surface area contributed by atoms with E-state index in [2.05, 4.69) is 4.74 Å². The van der Waals surface area contributed by atoms with Gasteiger partial charge in [0.2, 0.25) is 0 Å². The van der Waals surface area contributed by atoms with Crippen LogP contribution < -0.4 is 0 Å². The summed E-state index contributed by atoms with van der Waals surface area (Å²) in [6.45, 7) is 8.64. The Morgan fingerprint density at radius 2 is 1.38 bits per heavy atom. The van der Waals surface area contributed by atoms with Gasteiger partial charge in [0.15, 0.2) is 5.78 Å². The molecule has 1 aliphatic heterocycles. The van der Waals surface area contributed by atoms with E-state index >= 15 is 0 Å². The predicted octanol–water partition coefficient (Wildman–Crippen LogP) is 4.83. The van der Waals surface area contributed by atoms with Crippen molar-refractivity contribution in [1.29, 1.82) is 0 Å². The molecule has 0 aliphatic carbocycles. The fourth-order valence-electron chi connectivity index (χ4n) is 3.66. The van der Waals surface area contributed by atoms with E-state index in [9.17, 15) is 27.6 Å². The number of halogens is 3. The molecule has 1 atom stereocenters. The summed E-state index contributed by atoms with van der Waals surface area (Å²) in [5, 5.41) is 0. The smallest absolute Gasteiger partial charge is 0.432 e. The van der Waals surface area contributed by atoms with Crippen molar-refractivity contribution < 1.29 is 37.0 Å². The Hall–Kier alpha value is -2.78. The first-order chi connectivity index (χ1) is 15.6. The maximum absolute atomic E-state index is 13.6. The number of nitrogens with zero attached hydrogens (tertiary/aromatic N) is 2. The second-order valence-electron chi connectivity index (χ2n) is 10.2. The molecule has 1 aromatic rings. The molecule has 1 unspecified atom stereocenters. The summed E-state index contributed by atoms with van der Waals surface area (Å²) >= 11 is 0. The summed E-state index contributed by atoms with van der Waals surface area (Å²) in [7, 11) is 0. The highest BCUT2D eigenvalue weighted by atomic mass is 19.4. The van der Waals surface area contributed by atoms with Crippen LogP contribution in [0.1, 0.15) is 46.6 Å². The summed E-state index contributed by atoms with van der Waals surface area (Å²) in [5.74, 6) is -1.20. The lowest BCUT2D eigenvalue weighted by atomic mass is 9.80. The summed E-state index contributed by atoms with van der Waals surface area (Å²) in [4.78, 5) is 39.6. The van der Waals surface area contributed by atoms with Crippen molar-refractivity contribution in [2.24, 2.45) is 5.41 Å². The Morgan fingerprint density at radius 1 is 0.882 bits per heavy atom. The zero-order chi connectivity index (χ0) is 25.7. The number of alkyl halides is 3. The Bertz CT molecular complexity index is 858.